The molecule has 1 aliphatic rings. The molecule has 0 aliphatic heterocycles. The van der Waals surface area contributed by atoms with Gasteiger partial charge in [-0.3, -0.25) is 9.89 Å². The second-order valence-corrected chi connectivity index (χ2v) is 9.99. The number of benzene rings is 1. The normalized spacial score (nSPS) is 14.8. The lowest BCUT2D eigenvalue weighted by Crippen LogP contribution is -2.21. The van der Waals surface area contributed by atoms with E-state index in [1.807, 2.05) is 6.92 Å². The summed E-state index contributed by atoms with van der Waals surface area (Å²) in [6.07, 6.45) is 10.2. The van der Waals surface area contributed by atoms with Gasteiger partial charge in [-0.15, -0.1) is 11.8 Å². The summed E-state index contributed by atoms with van der Waals surface area (Å²) >= 11 is 3.28. The highest BCUT2D eigenvalue weighted by Gasteiger charge is 2.18. The smallest absolute Gasteiger partial charge is 0.254 e. The van der Waals surface area contributed by atoms with E-state index in [-0.39, 0.29) is 5.56 Å². The maximum atomic E-state index is 12.7. The molecular weight excluding hydrogens is 424 g/mol. The van der Waals surface area contributed by atoms with Crippen LogP contribution in [-0.4, -0.2) is 26.4 Å². The van der Waals surface area contributed by atoms with Gasteiger partial charge in [0.05, 0.1) is 17.1 Å². The molecule has 4 rings (SSSR count). The molecule has 0 spiro atoms. The lowest BCUT2D eigenvalue weighted by Gasteiger charge is -2.22. The quantitative estimate of drug-likeness (QED) is 0.329. The van der Waals surface area contributed by atoms with Gasteiger partial charge in [0.15, 0.2) is 5.16 Å². The van der Waals surface area contributed by atoms with E-state index in [1.54, 1.807) is 23.5 Å². The van der Waals surface area contributed by atoms with Crippen molar-refractivity contribution in [2.75, 3.05) is 6.26 Å². The molecule has 2 heterocycles. The molecule has 3 aromatic rings. The van der Waals surface area contributed by atoms with Crippen LogP contribution < -0.4 is 5.56 Å². The Morgan fingerprint density at radius 3 is 2.61 bits per heavy atom. The van der Waals surface area contributed by atoms with Gasteiger partial charge in [0, 0.05) is 16.2 Å². The molecule has 164 valence electrons. The van der Waals surface area contributed by atoms with Gasteiger partial charge < -0.3 is 4.98 Å². The van der Waals surface area contributed by atoms with Crippen molar-refractivity contribution in [2.45, 2.75) is 67.7 Å². The second-order valence-electron chi connectivity index (χ2n) is 8.15. The molecule has 0 unspecified atom stereocenters. The summed E-state index contributed by atoms with van der Waals surface area (Å²) < 4.78 is 0. The molecule has 7 heteroatoms. The zero-order valence-electron chi connectivity index (χ0n) is 18.2. The highest BCUT2D eigenvalue weighted by Crippen LogP contribution is 2.28. The number of aromatic amines is 2. The van der Waals surface area contributed by atoms with Crippen molar-refractivity contribution in [1.82, 2.24) is 20.2 Å². The van der Waals surface area contributed by atoms with Crippen molar-refractivity contribution in [3.63, 3.8) is 0 Å². The first-order valence-corrected chi connectivity index (χ1v) is 13.3. The third-order valence-electron chi connectivity index (χ3n) is 6.03. The van der Waals surface area contributed by atoms with E-state index < -0.39 is 0 Å². The Morgan fingerprint density at radius 2 is 1.90 bits per heavy atom. The van der Waals surface area contributed by atoms with Crippen LogP contribution in [0.4, 0.5) is 0 Å². The summed E-state index contributed by atoms with van der Waals surface area (Å²) in [5, 5.41) is 8.28. The summed E-state index contributed by atoms with van der Waals surface area (Å²) in [4.78, 5) is 21.7. The number of H-pyrrole nitrogens is 2. The first-order valence-electron chi connectivity index (χ1n) is 11.1. The maximum Gasteiger partial charge on any atom is 0.254 e. The largest absolute Gasteiger partial charge is 0.301 e. The SMILES string of the molecule is CCc1c(CC2CCCCC2)nc(SCc2cc(-c3ccc(SC)cc3)[nH]n2)[nH]c1=O. The zero-order chi connectivity index (χ0) is 21.6. The van der Waals surface area contributed by atoms with Crippen LogP contribution in [0.15, 0.2) is 45.2 Å². The van der Waals surface area contributed by atoms with Crippen molar-refractivity contribution in [3.8, 4) is 11.3 Å². The van der Waals surface area contributed by atoms with Crippen LogP contribution >= 0.6 is 23.5 Å². The van der Waals surface area contributed by atoms with Crippen molar-refractivity contribution >= 4 is 23.5 Å². The zero-order valence-corrected chi connectivity index (χ0v) is 19.9. The van der Waals surface area contributed by atoms with Gasteiger partial charge in [0.25, 0.3) is 5.56 Å². The number of hydrogen-bond acceptors (Lipinski definition) is 5. The van der Waals surface area contributed by atoms with Crippen LogP contribution in [0.3, 0.4) is 0 Å². The third-order valence-corrected chi connectivity index (χ3v) is 7.68. The Morgan fingerprint density at radius 1 is 1.13 bits per heavy atom. The molecule has 1 aromatic carbocycles. The van der Waals surface area contributed by atoms with Crippen LogP contribution in [0, 0.1) is 5.92 Å². The van der Waals surface area contributed by atoms with Gasteiger partial charge in [0.1, 0.15) is 0 Å². The predicted molar refractivity (Wildman–Crippen MR) is 130 cm³/mol. The first kappa shape index (κ1) is 22.2. The minimum absolute atomic E-state index is 0.0161. The number of aromatic nitrogens is 4. The fourth-order valence-corrected chi connectivity index (χ4v) is 5.47. The Hall–Kier alpha value is -1.99. The van der Waals surface area contributed by atoms with Crippen molar-refractivity contribution in [1.29, 1.82) is 0 Å². The summed E-state index contributed by atoms with van der Waals surface area (Å²) in [7, 11) is 0. The summed E-state index contributed by atoms with van der Waals surface area (Å²) in [6, 6.07) is 10.5. The minimum Gasteiger partial charge on any atom is -0.301 e. The number of nitrogens with zero attached hydrogens (tertiary/aromatic N) is 2. The van der Waals surface area contributed by atoms with Crippen LogP contribution in [0.25, 0.3) is 11.3 Å². The van der Waals surface area contributed by atoms with E-state index >= 15 is 0 Å². The molecule has 1 fully saturated rings. The number of hydrogen-bond donors (Lipinski definition) is 2. The molecule has 0 amide bonds. The van der Waals surface area contributed by atoms with Crippen molar-refractivity contribution in [2.24, 2.45) is 5.92 Å². The van der Waals surface area contributed by atoms with E-state index in [1.165, 1.54) is 37.0 Å². The van der Waals surface area contributed by atoms with Crippen molar-refractivity contribution in [3.05, 3.63) is 57.6 Å². The first-order chi connectivity index (χ1) is 15.2. The predicted octanol–water partition coefficient (Wildman–Crippen LogP) is 5.86. The minimum atomic E-state index is 0.0161. The molecule has 31 heavy (non-hydrogen) atoms. The average Bonchev–Trinajstić information content (AvgIpc) is 3.27. The standard InChI is InChI=1S/C24H30N4OS2/c1-3-20-22(13-16-7-5-4-6-8-16)25-24(26-23(20)29)31-15-18-14-21(28-27-18)17-9-11-19(30-2)12-10-17/h9-12,14,16H,3-8,13,15H2,1-2H3,(H,27,28)(H,25,26,29). The van der Waals surface area contributed by atoms with Gasteiger partial charge in [-0.1, -0.05) is 62.9 Å². The van der Waals surface area contributed by atoms with Crippen LogP contribution in [0.1, 0.15) is 56.0 Å². The van der Waals surface area contributed by atoms with Gasteiger partial charge in [-0.25, -0.2) is 4.98 Å². The molecule has 0 atom stereocenters. The van der Waals surface area contributed by atoms with Gasteiger partial charge in [-0.2, -0.15) is 5.10 Å². The van der Waals surface area contributed by atoms with Gasteiger partial charge in [-0.05, 0) is 48.8 Å². The van der Waals surface area contributed by atoms with Gasteiger partial charge >= 0.3 is 0 Å². The summed E-state index contributed by atoms with van der Waals surface area (Å²) in [6.45, 7) is 2.04. The Kier molecular flexibility index (Phi) is 7.56. The molecule has 2 N–H and O–H groups in total. The third kappa shape index (κ3) is 5.63. The molecular formula is C24H30N4OS2. The van der Waals surface area contributed by atoms with E-state index in [4.69, 9.17) is 4.98 Å². The highest BCUT2D eigenvalue weighted by atomic mass is 32.2. The van der Waals surface area contributed by atoms with E-state index in [2.05, 4.69) is 51.8 Å². The second kappa shape index (κ2) is 10.6. The summed E-state index contributed by atoms with van der Waals surface area (Å²) in [5.41, 5.74) is 4.94. The van der Waals surface area contributed by atoms with Gasteiger partial charge in [0.2, 0.25) is 0 Å². The lowest BCUT2D eigenvalue weighted by atomic mass is 9.85. The highest BCUT2D eigenvalue weighted by molar-refractivity contribution is 7.98. The number of rotatable bonds is 8. The fraction of sp³-hybridized carbons (Fsp3) is 0.458. The average molecular weight is 455 g/mol. The lowest BCUT2D eigenvalue weighted by molar-refractivity contribution is 0.352. The molecule has 5 nitrogen and oxygen atoms in total. The monoisotopic (exact) mass is 454 g/mol. The molecule has 1 aliphatic carbocycles. The number of thioether (sulfide) groups is 2. The summed E-state index contributed by atoms with van der Waals surface area (Å²) in [5.74, 6) is 1.33. The van der Waals surface area contributed by atoms with Crippen LogP contribution in [0.5, 0.6) is 0 Å². The molecule has 2 aromatic heterocycles. The topological polar surface area (TPSA) is 74.4 Å². The Bertz CT molecular complexity index is 1050. The Labute approximate surface area is 192 Å². The fourth-order valence-electron chi connectivity index (χ4n) is 4.29. The maximum absolute atomic E-state index is 12.7. The molecule has 0 saturated heterocycles. The molecule has 0 radical (unpaired) electrons. The number of nitrogens with one attached hydrogen (secondary N) is 2. The Balaban J connectivity index is 1.45. The van der Waals surface area contributed by atoms with E-state index in [0.717, 1.165) is 41.1 Å². The molecule has 1 saturated carbocycles. The van der Waals surface area contributed by atoms with E-state index in [0.29, 0.717) is 16.8 Å². The molecule has 0 bridgehead atoms. The van der Waals surface area contributed by atoms with Crippen LogP contribution in [0.2, 0.25) is 0 Å². The van der Waals surface area contributed by atoms with E-state index in [9.17, 15) is 4.79 Å². The van der Waals surface area contributed by atoms with Crippen molar-refractivity contribution < 1.29 is 0 Å². The van der Waals surface area contributed by atoms with Crippen LogP contribution in [-0.2, 0) is 18.6 Å².